The molecule has 1 fully saturated rings. The first kappa shape index (κ1) is 12.6. The molecule has 1 amide bonds. The van der Waals surface area contributed by atoms with E-state index in [4.69, 9.17) is 11.5 Å². The van der Waals surface area contributed by atoms with Crippen molar-refractivity contribution in [3.05, 3.63) is 23.5 Å². The molecule has 0 atom stereocenters. The molecule has 0 aromatic rings. The lowest BCUT2D eigenvalue weighted by Crippen LogP contribution is -2.38. The summed E-state index contributed by atoms with van der Waals surface area (Å²) < 4.78 is 0. The summed E-state index contributed by atoms with van der Waals surface area (Å²) in [7, 11) is 0. The third-order valence-corrected chi connectivity index (χ3v) is 2.73. The molecule has 0 saturated heterocycles. The average Bonchev–Trinajstić information content (AvgIpc) is 2.27. The molecule has 16 heavy (non-hydrogen) atoms. The number of carbonyl (C=O) groups excluding carboxylic acids is 1. The predicted octanol–water partition coefficient (Wildman–Crippen LogP) is 1.39. The fourth-order valence-electron chi connectivity index (χ4n) is 1.81. The van der Waals surface area contributed by atoms with Crippen LogP contribution in [0.1, 0.15) is 40.5 Å². The van der Waals surface area contributed by atoms with Gasteiger partial charge in [0.2, 0.25) is 0 Å². The van der Waals surface area contributed by atoms with Crippen molar-refractivity contribution in [2.24, 2.45) is 11.5 Å². The molecule has 1 saturated carbocycles. The van der Waals surface area contributed by atoms with Crippen LogP contribution in [-0.4, -0.2) is 11.9 Å². The highest BCUT2D eigenvalue weighted by Crippen LogP contribution is 2.17. The minimum Gasteiger partial charge on any atom is -0.402 e. The van der Waals surface area contributed by atoms with Crippen molar-refractivity contribution in [1.82, 2.24) is 5.32 Å². The molecule has 0 radical (unpaired) electrons. The second-order valence-corrected chi connectivity index (χ2v) is 4.34. The fourth-order valence-corrected chi connectivity index (χ4v) is 1.81. The SMILES string of the molecule is C/C(N)=C/C=C(\N)C(=O)NC1CCCCC1.[HH]. The number of allylic oxidation sites excluding steroid dienone is 3. The Morgan fingerprint density at radius 2 is 1.88 bits per heavy atom. The van der Waals surface area contributed by atoms with Crippen LogP contribution in [0, 0.1) is 0 Å². The first-order chi connectivity index (χ1) is 7.59. The summed E-state index contributed by atoms with van der Waals surface area (Å²) in [4.78, 5) is 11.6. The van der Waals surface area contributed by atoms with Gasteiger partial charge in [0.05, 0.1) is 5.70 Å². The largest absolute Gasteiger partial charge is 0.402 e. The Labute approximate surface area is 98.2 Å². The molecule has 0 aromatic carbocycles. The van der Waals surface area contributed by atoms with E-state index in [-0.39, 0.29) is 19.1 Å². The Bertz CT molecular complexity index is 303. The molecule has 0 unspecified atom stereocenters. The molecule has 0 spiro atoms. The minimum atomic E-state index is -0.190. The minimum absolute atomic E-state index is 0. The molecule has 4 nitrogen and oxygen atoms in total. The summed E-state index contributed by atoms with van der Waals surface area (Å²) in [6, 6.07) is 0.288. The first-order valence-corrected chi connectivity index (χ1v) is 5.80. The van der Waals surface area contributed by atoms with Gasteiger partial charge in [0.15, 0.2) is 0 Å². The standard InChI is InChI=1S/C12H21N3O.H2/c1-9(13)7-8-11(14)12(16)15-10-5-3-2-4-6-10;/h7-8,10H,2-6,13-14H2,1H3,(H,15,16);1H/b9-7-,11-8-;. The maximum Gasteiger partial charge on any atom is 0.267 e. The van der Waals surface area contributed by atoms with Gasteiger partial charge >= 0.3 is 0 Å². The van der Waals surface area contributed by atoms with E-state index in [0.29, 0.717) is 5.70 Å². The van der Waals surface area contributed by atoms with E-state index in [9.17, 15) is 4.79 Å². The zero-order chi connectivity index (χ0) is 12.0. The molecular formula is C12H23N3O. The summed E-state index contributed by atoms with van der Waals surface area (Å²) in [5.74, 6) is -0.190. The summed E-state index contributed by atoms with van der Waals surface area (Å²) in [5.41, 5.74) is 11.9. The van der Waals surface area contributed by atoms with E-state index < -0.39 is 0 Å². The Kier molecular flexibility index (Phi) is 4.89. The van der Waals surface area contributed by atoms with E-state index in [0.717, 1.165) is 12.8 Å². The van der Waals surface area contributed by atoms with Gasteiger partial charge in [-0.05, 0) is 31.9 Å². The van der Waals surface area contributed by atoms with Crippen LogP contribution >= 0.6 is 0 Å². The second-order valence-electron chi connectivity index (χ2n) is 4.34. The van der Waals surface area contributed by atoms with Crippen molar-refractivity contribution >= 4 is 5.91 Å². The number of rotatable bonds is 3. The Morgan fingerprint density at radius 3 is 2.44 bits per heavy atom. The summed E-state index contributed by atoms with van der Waals surface area (Å²) in [6.07, 6.45) is 8.96. The average molecular weight is 225 g/mol. The van der Waals surface area contributed by atoms with Crippen LogP contribution in [-0.2, 0) is 4.79 Å². The maximum atomic E-state index is 11.6. The van der Waals surface area contributed by atoms with Crippen LogP contribution in [0.2, 0.25) is 0 Å². The topological polar surface area (TPSA) is 81.1 Å². The van der Waals surface area contributed by atoms with E-state index in [1.54, 1.807) is 19.1 Å². The van der Waals surface area contributed by atoms with Crippen LogP contribution < -0.4 is 16.8 Å². The molecule has 1 aliphatic rings. The number of carbonyl (C=O) groups is 1. The Hall–Kier alpha value is -1.45. The van der Waals surface area contributed by atoms with Gasteiger partial charge in [-0.2, -0.15) is 0 Å². The van der Waals surface area contributed by atoms with Crippen molar-refractivity contribution in [2.45, 2.75) is 45.1 Å². The number of hydrogen-bond acceptors (Lipinski definition) is 3. The molecule has 0 heterocycles. The van der Waals surface area contributed by atoms with E-state index >= 15 is 0 Å². The molecule has 4 heteroatoms. The first-order valence-electron chi connectivity index (χ1n) is 5.80. The van der Waals surface area contributed by atoms with Crippen molar-refractivity contribution in [1.29, 1.82) is 0 Å². The molecular weight excluding hydrogens is 202 g/mol. The van der Waals surface area contributed by atoms with Gasteiger partial charge in [-0.3, -0.25) is 4.79 Å². The number of nitrogens with two attached hydrogens (primary N) is 2. The molecule has 1 rings (SSSR count). The van der Waals surface area contributed by atoms with Crippen molar-refractivity contribution in [3.8, 4) is 0 Å². The molecule has 0 aliphatic heterocycles. The van der Waals surface area contributed by atoms with Crippen LogP contribution in [0.15, 0.2) is 23.5 Å². The van der Waals surface area contributed by atoms with E-state index in [1.165, 1.54) is 19.3 Å². The highest BCUT2D eigenvalue weighted by molar-refractivity contribution is 5.92. The van der Waals surface area contributed by atoms with Crippen LogP contribution in [0.5, 0.6) is 0 Å². The molecule has 0 bridgehead atoms. The van der Waals surface area contributed by atoms with Gasteiger partial charge in [-0.25, -0.2) is 0 Å². The van der Waals surface area contributed by atoms with Crippen LogP contribution in [0.3, 0.4) is 0 Å². The van der Waals surface area contributed by atoms with E-state index in [2.05, 4.69) is 5.32 Å². The molecule has 5 N–H and O–H groups in total. The maximum absolute atomic E-state index is 11.6. The van der Waals surface area contributed by atoms with Crippen LogP contribution in [0.4, 0.5) is 0 Å². The van der Waals surface area contributed by atoms with Crippen molar-refractivity contribution in [3.63, 3.8) is 0 Å². The lowest BCUT2D eigenvalue weighted by Gasteiger charge is -2.22. The highest BCUT2D eigenvalue weighted by Gasteiger charge is 2.16. The quantitative estimate of drug-likeness (QED) is 0.501. The lowest BCUT2D eigenvalue weighted by molar-refractivity contribution is -0.118. The van der Waals surface area contributed by atoms with Crippen molar-refractivity contribution in [2.75, 3.05) is 0 Å². The van der Waals surface area contributed by atoms with Gasteiger partial charge in [0, 0.05) is 13.2 Å². The zero-order valence-electron chi connectivity index (χ0n) is 9.83. The van der Waals surface area contributed by atoms with Crippen molar-refractivity contribution < 1.29 is 6.22 Å². The van der Waals surface area contributed by atoms with Crippen LogP contribution in [0.25, 0.3) is 0 Å². The smallest absolute Gasteiger partial charge is 0.267 e. The third-order valence-electron chi connectivity index (χ3n) is 2.73. The molecule has 92 valence electrons. The van der Waals surface area contributed by atoms with Gasteiger partial charge in [0.25, 0.3) is 5.91 Å². The summed E-state index contributed by atoms with van der Waals surface area (Å²) in [5, 5.41) is 2.94. The monoisotopic (exact) mass is 225 g/mol. The number of nitrogens with one attached hydrogen (secondary N) is 1. The fraction of sp³-hybridized carbons (Fsp3) is 0.583. The molecule has 0 aromatic heterocycles. The predicted molar refractivity (Wildman–Crippen MR) is 67.3 cm³/mol. The Balaban J connectivity index is 0.00000256. The van der Waals surface area contributed by atoms with E-state index in [1.807, 2.05) is 0 Å². The highest BCUT2D eigenvalue weighted by atomic mass is 16.2. The summed E-state index contributed by atoms with van der Waals surface area (Å²) in [6.45, 7) is 1.75. The van der Waals surface area contributed by atoms with Gasteiger partial charge in [-0.1, -0.05) is 19.3 Å². The lowest BCUT2D eigenvalue weighted by atomic mass is 9.95. The zero-order valence-corrected chi connectivity index (χ0v) is 9.83. The van der Waals surface area contributed by atoms with Gasteiger partial charge < -0.3 is 16.8 Å². The number of hydrogen-bond donors (Lipinski definition) is 3. The molecule has 1 aliphatic carbocycles. The Morgan fingerprint density at radius 1 is 1.25 bits per heavy atom. The normalized spacial score (nSPS) is 19.6. The summed E-state index contributed by atoms with van der Waals surface area (Å²) >= 11 is 0. The number of amides is 1. The van der Waals surface area contributed by atoms with Gasteiger partial charge in [-0.15, -0.1) is 0 Å². The third kappa shape index (κ3) is 4.38. The second kappa shape index (κ2) is 6.20. The van der Waals surface area contributed by atoms with Gasteiger partial charge in [0.1, 0.15) is 0 Å².